The van der Waals surface area contributed by atoms with Crippen molar-refractivity contribution in [3.05, 3.63) is 0 Å². The molecule has 0 aromatic heterocycles. The van der Waals surface area contributed by atoms with Crippen molar-refractivity contribution in [2.45, 2.75) is 199 Å². The van der Waals surface area contributed by atoms with E-state index in [-0.39, 0.29) is 12.8 Å². The molecule has 0 saturated carbocycles. The van der Waals surface area contributed by atoms with Crippen molar-refractivity contribution < 1.29 is 24.5 Å². The Morgan fingerprint density at radius 2 is 0.921 bits per heavy atom. The average molecular weight is 541 g/mol. The second-order valence-electron chi connectivity index (χ2n) is 11.5. The van der Waals surface area contributed by atoms with Gasteiger partial charge in [-0.05, 0) is 19.3 Å². The molecule has 0 saturated heterocycles. The molecule has 0 aromatic rings. The number of ether oxygens (including phenoxy) is 1. The molecule has 2 unspecified atom stereocenters. The molecule has 226 valence electrons. The highest BCUT2D eigenvalue weighted by Crippen LogP contribution is 2.23. The Balaban J connectivity index is 3.63. The first-order valence-electron chi connectivity index (χ1n) is 16.6. The molecule has 0 spiro atoms. The summed E-state index contributed by atoms with van der Waals surface area (Å²) in [6.07, 6.45) is 27.7. The molecule has 0 heterocycles. The number of carbonyl (C=O) groups is 2. The normalized spacial score (nSPS) is 13.8. The summed E-state index contributed by atoms with van der Waals surface area (Å²) in [6.45, 7) is 6.00. The number of hydrogen-bond acceptors (Lipinski definition) is 5. The van der Waals surface area contributed by atoms with E-state index in [9.17, 15) is 19.8 Å². The van der Waals surface area contributed by atoms with Gasteiger partial charge < -0.3 is 14.9 Å². The summed E-state index contributed by atoms with van der Waals surface area (Å²) in [4.78, 5) is 24.5. The highest BCUT2D eigenvalue weighted by molar-refractivity contribution is 5.90. The van der Waals surface area contributed by atoms with Crippen LogP contribution in [0.3, 0.4) is 0 Å². The first-order valence-corrected chi connectivity index (χ1v) is 16.6. The van der Waals surface area contributed by atoms with E-state index in [4.69, 9.17) is 4.74 Å². The van der Waals surface area contributed by atoms with Crippen LogP contribution in [0.1, 0.15) is 188 Å². The van der Waals surface area contributed by atoms with Crippen molar-refractivity contribution in [3.63, 3.8) is 0 Å². The molecule has 0 aliphatic heterocycles. The summed E-state index contributed by atoms with van der Waals surface area (Å²) in [6, 6.07) is 0. The molecule has 0 amide bonds. The van der Waals surface area contributed by atoms with Crippen molar-refractivity contribution >= 4 is 11.9 Å². The zero-order chi connectivity index (χ0) is 28.3. The standard InChI is InChI=1S/C33H64O5/c1-4-7-9-11-12-13-14-15-16-17-18-19-20-21-22-23-24-25-27-29-31(35)38-32(36)33(37,6-3)30(34)28-26-10-8-5-2/h30,34,37H,4-29H2,1-3H3. The minimum Gasteiger partial charge on any atom is -0.391 e. The largest absolute Gasteiger partial charge is 0.391 e. The van der Waals surface area contributed by atoms with Crippen LogP contribution in [-0.2, 0) is 14.3 Å². The Morgan fingerprint density at radius 3 is 1.29 bits per heavy atom. The number of hydrogen-bond donors (Lipinski definition) is 2. The maximum Gasteiger partial charge on any atom is 0.348 e. The van der Waals surface area contributed by atoms with Gasteiger partial charge in [-0.2, -0.15) is 0 Å². The van der Waals surface area contributed by atoms with Gasteiger partial charge in [-0.1, -0.05) is 162 Å². The van der Waals surface area contributed by atoms with E-state index in [2.05, 4.69) is 13.8 Å². The smallest absolute Gasteiger partial charge is 0.348 e. The van der Waals surface area contributed by atoms with Crippen molar-refractivity contribution in [1.29, 1.82) is 0 Å². The molecule has 0 aliphatic carbocycles. The van der Waals surface area contributed by atoms with Gasteiger partial charge >= 0.3 is 11.9 Å². The Hall–Kier alpha value is -0.940. The molecule has 5 heteroatoms. The van der Waals surface area contributed by atoms with Crippen molar-refractivity contribution in [2.75, 3.05) is 0 Å². The van der Waals surface area contributed by atoms with Gasteiger partial charge in [-0.3, -0.25) is 4.79 Å². The lowest BCUT2D eigenvalue weighted by molar-refractivity contribution is -0.184. The second-order valence-corrected chi connectivity index (χ2v) is 11.5. The number of aliphatic hydroxyl groups is 2. The molecule has 0 fully saturated rings. The van der Waals surface area contributed by atoms with Crippen molar-refractivity contribution in [2.24, 2.45) is 0 Å². The topological polar surface area (TPSA) is 83.8 Å². The fourth-order valence-corrected chi connectivity index (χ4v) is 5.11. The number of rotatable bonds is 28. The summed E-state index contributed by atoms with van der Waals surface area (Å²) in [5, 5.41) is 21.0. The number of esters is 2. The van der Waals surface area contributed by atoms with E-state index >= 15 is 0 Å². The highest BCUT2D eigenvalue weighted by Gasteiger charge is 2.43. The third-order valence-corrected chi connectivity index (χ3v) is 7.97. The second kappa shape index (κ2) is 26.3. The van der Waals surface area contributed by atoms with E-state index in [1.807, 2.05) is 0 Å². The summed E-state index contributed by atoms with van der Waals surface area (Å²) in [5.41, 5.74) is -2.00. The first kappa shape index (κ1) is 37.1. The molecule has 5 nitrogen and oxygen atoms in total. The first-order chi connectivity index (χ1) is 18.4. The molecular weight excluding hydrogens is 476 g/mol. The van der Waals surface area contributed by atoms with Crippen LogP contribution in [0.4, 0.5) is 0 Å². The molecule has 2 N–H and O–H groups in total. The molecule has 2 atom stereocenters. The minimum atomic E-state index is -2.00. The van der Waals surface area contributed by atoms with Gasteiger partial charge in [0.2, 0.25) is 0 Å². The Labute approximate surface area is 235 Å². The van der Waals surface area contributed by atoms with Gasteiger partial charge in [-0.15, -0.1) is 0 Å². The lowest BCUT2D eigenvalue weighted by Crippen LogP contribution is -2.50. The lowest BCUT2D eigenvalue weighted by atomic mass is 9.90. The van der Waals surface area contributed by atoms with Gasteiger partial charge in [0.05, 0.1) is 6.10 Å². The molecule has 0 radical (unpaired) electrons. The fourth-order valence-electron chi connectivity index (χ4n) is 5.11. The lowest BCUT2D eigenvalue weighted by Gasteiger charge is -2.29. The Morgan fingerprint density at radius 1 is 0.579 bits per heavy atom. The number of carbonyl (C=O) groups excluding carboxylic acids is 2. The summed E-state index contributed by atoms with van der Waals surface area (Å²) in [7, 11) is 0. The van der Waals surface area contributed by atoms with Crippen LogP contribution in [0.15, 0.2) is 0 Å². The minimum absolute atomic E-state index is 0.0211. The zero-order valence-electron chi connectivity index (χ0n) is 25.6. The van der Waals surface area contributed by atoms with Crippen LogP contribution >= 0.6 is 0 Å². The molecule has 0 aromatic carbocycles. The van der Waals surface area contributed by atoms with Gasteiger partial charge in [0.25, 0.3) is 0 Å². The van der Waals surface area contributed by atoms with Crippen LogP contribution in [-0.4, -0.2) is 33.9 Å². The predicted molar refractivity (Wildman–Crippen MR) is 159 cm³/mol. The van der Waals surface area contributed by atoms with Crippen LogP contribution < -0.4 is 0 Å². The summed E-state index contributed by atoms with van der Waals surface area (Å²) < 4.78 is 4.90. The van der Waals surface area contributed by atoms with Crippen LogP contribution in [0.25, 0.3) is 0 Å². The molecule has 0 rings (SSSR count). The Kier molecular flexibility index (Phi) is 25.6. The summed E-state index contributed by atoms with van der Waals surface area (Å²) >= 11 is 0. The monoisotopic (exact) mass is 540 g/mol. The quantitative estimate of drug-likeness (QED) is 0.0586. The maximum atomic E-state index is 12.4. The van der Waals surface area contributed by atoms with E-state index in [1.54, 1.807) is 6.92 Å². The van der Waals surface area contributed by atoms with Gasteiger partial charge in [-0.25, -0.2) is 4.79 Å². The molecular formula is C33H64O5. The Bertz CT molecular complexity index is 550. The predicted octanol–water partition coefficient (Wildman–Crippen LogP) is 9.35. The van der Waals surface area contributed by atoms with Gasteiger partial charge in [0.1, 0.15) is 0 Å². The van der Waals surface area contributed by atoms with E-state index in [0.717, 1.165) is 38.5 Å². The van der Waals surface area contributed by atoms with Crippen LogP contribution in [0, 0.1) is 0 Å². The number of aliphatic hydroxyl groups excluding tert-OH is 1. The SMILES string of the molecule is CCCCCCCCCCCCCCCCCCCCCC(=O)OC(=O)C(O)(CC)C(O)CCCCCC. The third kappa shape index (κ3) is 20.0. The fraction of sp³-hybridized carbons (Fsp3) is 0.939. The zero-order valence-corrected chi connectivity index (χ0v) is 25.6. The van der Waals surface area contributed by atoms with E-state index in [0.29, 0.717) is 12.8 Å². The molecule has 0 aliphatic rings. The molecule has 38 heavy (non-hydrogen) atoms. The average Bonchev–Trinajstić information content (AvgIpc) is 2.91. The maximum absolute atomic E-state index is 12.4. The molecule has 0 bridgehead atoms. The van der Waals surface area contributed by atoms with E-state index in [1.165, 1.54) is 103 Å². The van der Waals surface area contributed by atoms with Gasteiger partial charge in [0.15, 0.2) is 5.60 Å². The van der Waals surface area contributed by atoms with Crippen molar-refractivity contribution in [3.8, 4) is 0 Å². The third-order valence-electron chi connectivity index (χ3n) is 7.97. The van der Waals surface area contributed by atoms with Crippen molar-refractivity contribution in [1.82, 2.24) is 0 Å². The van der Waals surface area contributed by atoms with Gasteiger partial charge in [0, 0.05) is 6.42 Å². The van der Waals surface area contributed by atoms with E-state index < -0.39 is 23.6 Å². The number of unbranched alkanes of at least 4 members (excludes halogenated alkanes) is 21. The van der Waals surface area contributed by atoms with Crippen LogP contribution in [0.2, 0.25) is 0 Å². The highest BCUT2D eigenvalue weighted by atomic mass is 16.6. The summed E-state index contributed by atoms with van der Waals surface area (Å²) in [5.74, 6) is -1.61. The van der Waals surface area contributed by atoms with Crippen LogP contribution in [0.5, 0.6) is 0 Å².